The minimum Gasteiger partial charge on any atom is -0.378 e. The molecule has 5 atom stereocenters. The van der Waals surface area contributed by atoms with Gasteiger partial charge < -0.3 is 10.2 Å². The van der Waals surface area contributed by atoms with Gasteiger partial charge in [-0.2, -0.15) is 0 Å². The smallest absolute Gasteiger partial charge is 0.308 e. The Morgan fingerprint density at radius 3 is 2.55 bits per heavy atom. The quantitative estimate of drug-likeness (QED) is 0.317. The largest absolute Gasteiger partial charge is 0.378 e. The van der Waals surface area contributed by atoms with E-state index in [0.29, 0.717) is 17.1 Å². The highest BCUT2D eigenvalue weighted by atomic mass is 32.2. The molecule has 1 amide bonds. The van der Waals surface area contributed by atoms with Crippen LogP contribution in [0.25, 0.3) is 10.8 Å². The Hall–Kier alpha value is -3.03. The average Bonchev–Trinajstić information content (AvgIpc) is 3.62. The van der Waals surface area contributed by atoms with Crippen molar-refractivity contribution in [3.63, 3.8) is 0 Å². The standard InChI is InChI=1S/C31H31N3O2S2/c1-33(2)24-13-10-19(11-14-24)26-27-21-7-8-22(15-21)28(27)37-30-29(26)38-31(36)34(30)17-25(35)32-23-12-9-18-5-3-4-6-20(18)16-23/h3-6,9-14,16,21-22,26-28H,7-8,15,17H2,1-2H3,(H,32,35)/t21-,22-,26-,27-,28+/m0/s1. The highest BCUT2D eigenvalue weighted by Crippen LogP contribution is 2.64. The van der Waals surface area contributed by atoms with Crippen molar-refractivity contribution in [2.24, 2.45) is 17.8 Å². The van der Waals surface area contributed by atoms with Crippen LogP contribution in [0.15, 0.2) is 76.6 Å². The predicted octanol–water partition coefficient (Wildman–Crippen LogP) is 6.42. The SMILES string of the molecule is CN(C)c1ccc([C@@H]2c3sc(=O)n(CC(=O)Nc4ccc5ccccc5c4)c3S[C@@H]3[C@H]4CC[C@@H](C4)[C@@H]23)cc1. The van der Waals surface area contributed by atoms with Crippen LogP contribution in [0.4, 0.5) is 11.4 Å². The molecule has 5 nitrogen and oxygen atoms in total. The van der Waals surface area contributed by atoms with Gasteiger partial charge in [-0.3, -0.25) is 14.2 Å². The second-order valence-corrected chi connectivity index (χ2v) is 13.4. The van der Waals surface area contributed by atoms with Crippen LogP contribution >= 0.6 is 23.1 Å². The fourth-order valence-electron chi connectivity index (χ4n) is 7.05. The highest BCUT2D eigenvalue weighted by Gasteiger charge is 2.55. The van der Waals surface area contributed by atoms with E-state index in [2.05, 4.69) is 54.6 Å². The second-order valence-electron chi connectivity index (χ2n) is 11.2. The number of hydrogen-bond donors (Lipinski definition) is 1. The lowest BCUT2D eigenvalue weighted by Gasteiger charge is -2.40. The van der Waals surface area contributed by atoms with Crippen molar-refractivity contribution < 1.29 is 4.79 Å². The van der Waals surface area contributed by atoms with Gasteiger partial charge in [0.2, 0.25) is 5.91 Å². The fourth-order valence-corrected chi connectivity index (χ4v) is 10.2. The lowest BCUT2D eigenvalue weighted by Crippen LogP contribution is -2.34. The van der Waals surface area contributed by atoms with Crippen LogP contribution in [0.3, 0.4) is 0 Å². The van der Waals surface area contributed by atoms with E-state index in [1.54, 1.807) is 4.57 Å². The molecule has 2 bridgehead atoms. The molecule has 0 spiro atoms. The van der Waals surface area contributed by atoms with Gasteiger partial charge in [0.25, 0.3) is 0 Å². The zero-order valence-electron chi connectivity index (χ0n) is 21.6. The molecule has 1 aliphatic heterocycles. The summed E-state index contributed by atoms with van der Waals surface area (Å²) in [6, 6.07) is 22.9. The number of carbonyl (C=O) groups is 1. The summed E-state index contributed by atoms with van der Waals surface area (Å²) >= 11 is 3.23. The third kappa shape index (κ3) is 3.98. The van der Waals surface area contributed by atoms with Gasteiger partial charge in [-0.05, 0) is 77.6 Å². The van der Waals surface area contributed by atoms with Crippen LogP contribution in [0.2, 0.25) is 0 Å². The van der Waals surface area contributed by atoms with E-state index in [1.165, 1.54) is 41.9 Å². The van der Waals surface area contributed by atoms with Gasteiger partial charge in [-0.25, -0.2) is 0 Å². The van der Waals surface area contributed by atoms with E-state index in [4.69, 9.17) is 0 Å². The van der Waals surface area contributed by atoms with Crippen LogP contribution in [-0.2, 0) is 11.3 Å². The van der Waals surface area contributed by atoms with Crippen molar-refractivity contribution in [1.29, 1.82) is 0 Å². The van der Waals surface area contributed by atoms with Crippen LogP contribution in [-0.4, -0.2) is 29.8 Å². The number of amides is 1. The van der Waals surface area contributed by atoms with Gasteiger partial charge in [0.05, 0.1) is 5.03 Å². The zero-order valence-corrected chi connectivity index (χ0v) is 23.2. The summed E-state index contributed by atoms with van der Waals surface area (Å²) in [6.07, 6.45) is 3.89. The van der Waals surface area contributed by atoms with Gasteiger partial charge in [0, 0.05) is 41.5 Å². The van der Waals surface area contributed by atoms with Gasteiger partial charge in [-0.1, -0.05) is 53.8 Å². The number of aromatic nitrogens is 1. The molecule has 7 heteroatoms. The zero-order chi connectivity index (χ0) is 26.0. The van der Waals surface area contributed by atoms with Crippen molar-refractivity contribution in [3.8, 4) is 0 Å². The van der Waals surface area contributed by atoms with E-state index >= 15 is 0 Å². The summed E-state index contributed by atoms with van der Waals surface area (Å²) in [5, 5.41) is 6.78. The Balaban J connectivity index is 1.22. The maximum Gasteiger partial charge on any atom is 0.308 e. The van der Waals surface area contributed by atoms with Crippen LogP contribution in [0, 0.1) is 17.8 Å². The van der Waals surface area contributed by atoms with Crippen molar-refractivity contribution in [3.05, 3.63) is 86.8 Å². The molecule has 0 unspecified atom stereocenters. The van der Waals surface area contributed by atoms with E-state index in [9.17, 15) is 9.59 Å². The number of rotatable bonds is 5. The fraction of sp³-hybridized carbons (Fsp3) is 0.355. The molecule has 0 saturated heterocycles. The first-order valence-electron chi connectivity index (χ1n) is 13.4. The Morgan fingerprint density at radius 2 is 1.76 bits per heavy atom. The number of benzene rings is 3. The summed E-state index contributed by atoms with van der Waals surface area (Å²) in [4.78, 5) is 29.8. The minimum atomic E-state index is -0.162. The first kappa shape index (κ1) is 24.0. The number of nitrogens with one attached hydrogen (secondary N) is 1. The van der Waals surface area contributed by atoms with Crippen molar-refractivity contribution in [1.82, 2.24) is 4.57 Å². The van der Waals surface area contributed by atoms with Crippen molar-refractivity contribution in [2.75, 3.05) is 24.3 Å². The highest BCUT2D eigenvalue weighted by molar-refractivity contribution is 8.00. The molecule has 2 heterocycles. The average molecular weight is 542 g/mol. The molecule has 194 valence electrons. The summed E-state index contributed by atoms with van der Waals surface area (Å²) in [5.74, 6) is 2.07. The van der Waals surface area contributed by atoms with E-state index in [0.717, 1.165) is 32.3 Å². The molecule has 1 aromatic heterocycles. The van der Waals surface area contributed by atoms with E-state index in [-0.39, 0.29) is 23.2 Å². The topological polar surface area (TPSA) is 54.3 Å². The first-order chi connectivity index (χ1) is 18.5. The monoisotopic (exact) mass is 541 g/mol. The third-order valence-electron chi connectivity index (χ3n) is 8.79. The first-order valence-corrected chi connectivity index (χ1v) is 15.1. The predicted molar refractivity (Wildman–Crippen MR) is 158 cm³/mol. The molecule has 2 saturated carbocycles. The number of hydrogen-bond acceptors (Lipinski definition) is 5. The minimum absolute atomic E-state index is 0.0293. The molecular weight excluding hydrogens is 510 g/mol. The summed E-state index contributed by atoms with van der Waals surface area (Å²) in [7, 11) is 4.12. The van der Waals surface area contributed by atoms with E-state index in [1.807, 2.05) is 48.2 Å². The molecule has 4 aromatic rings. The van der Waals surface area contributed by atoms with Crippen LogP contribution in [0.5, 0.6) is 0 Å². The number of thioether (sulfide) groups is 1. The molecule has 2 fully saturated rings. The lowest BCUT2D eigenvalue weighted by molar-refractivity contribution is -0.116. The second kappa shape index (κ2) is 9.31. The third-order valence-corrected chi connectivity index (χ3v) is 11.6. The van der Waals surface area contributed by atoms with Crippen LogP contribution in [0.1, 0.15) is 35.6 Å². The lowest BCUT2D eigenvalue weighted by atomic mass is 9.75. The maximum atomic E-state index is 13.4. The van der Waals surface area contributed by atoms with Gasteiger partial charge in [0.1, 0.15) is 6.54 Å². The Bertz CT molecular complexity index is 1590. The molecule has 0 radical (unpaired) electrons. The van der Waals surface area contributed by atoms with Gasteiger partial charge in [-0.15, -0.1) is 11.8 Å². The molecule has 38 heavy (non-hydrogen) atoms. The van der Waals surface area contributed by atoms with Crippen LogP contribution < -0.4 is 15.1 Å². The molecule has 3 aliphatic rings. The Morgan fingerprint density at radius 1 is 1.00 bits per heavy atom. The summed E-state index contributed by atoms with van der Waals surface area (Å²) in [5.41, 5.74) is 3.24. The number of anilines is 2. The molecule has 1 N–H and O–H groups in total. The molecule has 2 aliphatic carbocycles. The maximum absolute atomic E-state index is 13.4. The number of nitrogens with zero attached hydrogens (tertiary/aromatic N) is 2. The van der Waals surface area contributed by atoms with Gasteiger partial charge >= 0.3 is 4.87 Å². The van der Waals surface area contributed by atoms with Gasteiger partial charge in [0.15, 0.2) is 0 Å². The Kier molecular flexibility index (Phi) is 5.89. The number of fused-ring (bicyclic) bond motifs is 7. The Labute approximate surface area is 230 Å². The van der Waals surface area contributed by atoms with Crippen molar-refractivity contribution >= 4 is 51.2 Å². The molecule has 7 rings (SSSR count). The molecule has 3 aromatic carbocycles. The summed E-state index contributed by atoms with van der Waals surface area (Å²) < 4.78 is 1.74. The van der Waals surface area contributed by atoms with Crippen molar-refractivity contribution in [2.45, 2.75) is 42.0 Å². The van der Waals surface area contributed by atoms with E-state index < -0.39 is 0 Å². The normalized spacial score (nSPS) is 25.3. The number of thiazole rings is 1. The number of carbonyl (C=O) groups excluding carboxylic acids is 1. The summed E-state index contributed by atoms with van der Waals surface area (Å²) in [6.45, 7) is 0.0439. The molecular formula is C31H31N3O2S2.